The average molecular weight is 158 g/mol. The maximum absolute atomic E-state index is 8.52. The van der Waals surface area contributed by atoms with E-state index < -0.39 is 0 Å². The van der Waals surface area contributed by atoms with Gasteiger partial charge in [0.05, 0.1) is 11.6 Å². The monoisotopic (exact) mass is 158 g/mol. The second kappa shape index (κ2) is 4.32. The summed E-state index contributed by atoms with van der Waals surface area (Å²) in [4.78, 5) is 0. The number of hydrogen-bond donors (Lipinski definition) is 1. The molecule has 0 atom stereocenters. The highest BCUT2D eigenvalue weighted by atomic mass is 14.5. The molecule has 12 heavy (non-hydrogen) atoms. The minimum Gasteiger partial charge on any atom is -0.327 e. The first-order valence-corrected chi connectivity index (χ1v) is 3.73. The van der Waals surface area contributed by atoms with Gasteiger partial charge in [-0.2, -0.15) is 5.26 Å². The van der Waals surface area contributed by atoms with Crippen molar-refractivity contribution in [2.24, 2.45) is 5.73 Å². The molecule has 0 radical (unpaired) electrons. The topological polar surface area (TPSA) is 49.8 Å². The Labute approximate surface area is 71.9 Å². The van der Waals surface area contributed by atoms with E-state index in [1.165, 1.54) is 0 Å². The SMILES string of the molecule is N#Cc1ccc(/C=C\CN)cc1. The zero-order valence-corrected chi connectivity index (χ0v) is 6.70. The maximum Gasteiger partial charge on any atom is 0.0991 e. The Bertz CT molecular complexity index is 304. The highest BCUT2D eigenvalue weighted by molar-refractivity contribution is 5.50. The molecule has 1 aromatic rings. The Morgan fingerprint density at radius 1 is 1.33 bits per heavy atom. The van der Waals surface area contributed by atoms with Crippen LogP contribution in [0.4, 0.5) is 0 Å². The molecule has 1 rings (SSSR count). The molecular weight excluding hydrogens is 148 g/mol. The van der Waals surface area contributed by atoms with E-state index in [-0.39, 0.29) is 0 Å². The number of nitriles is 1. The largest absolute Gasteiger partial charge is 0.327 e. The van der Waals surface area contributed by atoms with Crippen molar-refractivity contribution >= 4 is 6.08 Å². The summed E-state index contributed by atoms with van der Waals surface area (Å²) in [6.45, 7) is 0.542. The van der Waals surface area contributed by atoms with Crippen LogP contribution < -0.4 is 5.73 Å². The van der Waals surface area contributed by atoms with Gasteiger partial charge in [0.25, 0.3) is 0 Å². The van der Waals surface area contributed by atoms with E-state index in [9.17, 15) is 0 Å². The molecule has 2 nitrogen and oxygen atoms in total. The van der Waals surface area contributed by atoms with Crippen LogP contribution in [-0.2, 0) is 0 Å². The molecule has 0 aliphatic carbocycles. The quantitative estimate of drug-likeness (QED) is 0.709. The van der Waals surface area contributed by atoms with Crippen LogP contribution in [0.3, 0.4) is 0 Å². The van der Waals surface area contributed by atoms with Crippen LogP contribution in [0.5, 0.6) is 0 Å². The van der Waals surface area contributed by atoms with Crippen molar-refractivity contribution in [2.75, 3.05) is 6.54 Å². The Kier molecular flexibility index (Phi) is 3.06. The van der Waals surface area contributed by atoms with Crippen molar-refractivity contribution in [1.29, 1.82) is 5.26 Å². The van der Waals surface area contributed by atoms with Crippen molar-refractivity contribution in [1.82, 2.24) is 0 Å². The van der Waals surface area contributed by atoms with Crippen molar-refractivity contribution < 1.29 is 0 Å². The summed E-state index contributed by atoms with van der Waals surface area (Å²) < 4.78 is 0. The lowest BCUT2D eigenvalue weighted by molar-refractivity contribution is 1.26. The summed E-state index contributed by atoms with van der Waals surface area (Å²) in [7, 11) is 0. The van der Waals surface area contributed by atoms with Gasteiger partial charge in [-0.15, -0.1) is 0 Å². The van der Waals surface area contributed by atoms with E-state index in [4.69, 9.17) is 11.0 Å². The van der Waals surface area contributed by atoms with E-state index in [1.807, 2.05) is 24.3 Å². The van der Waals surface area contributed by atoms with Crippen molar-refractivity contribution in [3.05, 3.63) is 41.5 Å². The van der Waals surface area contributed by atoms with E-state index in [0.717, 1.165) is 5.56 Å². The summed E-state index contributed by atoms with van der Waals surface area (Å²) in [6.07, 6.45) is 3.81. The molecule has 0 fully saturated rings. The summed E-state index contributed by atoms with van der Waals surface area (Å²) in [5, 5.41) is 8.52. The molecule has 0 aliphatic rings. The molecule has 0 spiro atoms. The van der Waals surface area contributed by atoms with Gasteiger partial charge in [0.1, 0.15) is 0 Å². The molecule has 0 bridgehead atoms. The number of rotatable bonds is 2. The molecule has 0 aromatic heterocycles. The zero-order valence-electron chi connectivity index (χ0n) is 6.70. The number of nitrogens with zero attached hydrogens (tertiary/aromatic N) is 1. The lowest BCUT2D eigenvalue weighted by atomic mass is 10.1. The van der Waals surface area contributed by atoms with Gasteiger partial charge in [-0.25, -0.2) is 0 Å². The second-order valence-corrected chi connectivity index (χ2v) is 2.37. The highest BCUT2D eigenvalue weighted by Gasteiger charge is 1.87. The smallest absolute Gasteiger partial charge is 0.0991 e. The van der Waals surface area contributed by atoms with Gasteiger partial charge in [-0.1, -0.05) is 24.3 Å². The van der Waals surface area contributed by atoms with Gasteiger partial charge in [0, 0.05) is 6.54 Å². The lowest BCUT2D eigenvalue weighted by Gasteiger charge is -1.91. The fraction of sp³-hybridized carbons (Fsp3) is 0.100. The molecule has 0 heterocycles. The van der Waals surface area contributed by atoms with Crippen molar-refractivity contribution in [3.8, 4) is 6.07 Å². The number of benzene rings is 1. The molecule has 0 saturated carbocycles. The normalized spacial score (nSPS) is 10.0. The van der Waals surface area contributed by atoms with Crippen LogP contribution in [-0.4, -0.2) is 6.54 Å². The van der Waals surface area contributed by atoms with E-state index >= 15 is 0 Å². The van der Waals surface area contributed by atoms with Crippen molar-refractivity contribution in [3.63, 3.8) is 0 Å². The lowest BCUT2D eigenvalue weighted by Crippen LogP contribution is -1.91. The fourth-order valence-electron chi connectivity index (χ4n) is 0.873. The molecule has 0 unspecified atom stereocenters. The van der Waals surface area contributed by atoms with Crippen LogP contribution in [0.15, 0.2) is 30.3 Å². The average Bonchev–Trinajstić information content (AvgIpc) is 2.15. The summed E-state index contributed by atoms with van der Waals surface area (Å²) in [5.74, 6) is 0. The van der Waals surface area contributed by atoms with Gasteiger partial charge in [0.15, 0.2) is 0 Å². The third kappa shape index (κ3) is 2.22. The number of nitrogens with two attached hydrogens (primary N) is 1. The molecule has 2 heteroatoms. The zero-order chi connectivity index (χ0) is 8.81. The summed E-state index contributed by atoms with van der Waals surface area (Å²) in [5.41, 5.74) is 7.04. The van der Waals surface area contributed by atoms with Gasteiger partial charge >= 0.3 is 0 Å². The number of hydrogen-bond acceptors (Lipinski definition) is 2. The Balaban J connectivity index is 2.80. The second-order valence-electron chi connectivity index (χ2n) is 2.37. The first-order chi connectivity index (χ1) is 5.86. The minimum absolute atomic E-state index is 0.542. The first-order valence-electron chi connectivity index (χ1n) is 3.73. The molecule has 2 N–H and O–H groups in total. The van der Waals surface area contributed by atoms with Crippen LogP contribution in [0, 0.1) is 11.3 Å². The van der Waals surface area contributed by atoms with Gasteiger partial charge in [-0.05, 0) is 17.7 Å². The van der Waals surface area contributed by atoms with Crippen LogP contribution in [0.2, 0.25) is 0 Å². The van der Waals surface area contributed by atoms with Crippen LogP contribution in [0.25, 0.3) is 6.08 Å². The van der Waals surface area contributed by atoms with Crippen molar-refractivity contribution in [2.45, 2.75) is 0 Å². The third-order valence-electron chi connectivity index (χ3n) is 1.49. The maximum atomic E-state index is 8.52. The van der Waals surface area contributed by atoms with E-state index in [1.54, 1.807) is 12.1 Å². The fourth-order valence-corrected chi connectivity index (χ4v) is 0.873. The molecular formula is C10H10N2. The van der Waals surface area contributed by atoms with Crippen LogP contribution in [0.1, 0.15) is 11.1 Å². The summed E-state index contributed by atoms with van der Waals surface area (Å²) >= 11 is 0. The third-order valence-corrected chi connectivity index (χ3v) is 1.49. The molecule has 0 aliphatic heterocycles. The predicted molar refractivity (Wildman–Crippen MR) is 49.2 cm³/mol. The minimum atomic E-state index is 0.542. The Morgan fingerprint density at radius 2 is 2.00 bits per heavy atom. The predicted octanol–water partition coefficient (Wildman–Crippen LogP) is 1.53. The molecule has 0 amide bonds. The Hall–Kier alpha value is -1.59. The van der Waals surface area contributed by atoms with Crippen LogP contribution >= 0.6 is 0 Å². The van der Waals surface area contributed by atoms with E-state index in [2.05, 4.69) is 6.07 Å². The van der Waals surface area contributed by atoms with E-state index in [0.29, 0.717) is 12.1 Å². The summed E-state index contributed by atoms with van der Waals surface area (Å²) in [6, 6.07) is 9.42. The highest BCUT2D eigenvalue weighted by Crippen LogP contribution is 2.04. The molecule has 60 valence electrons. The molecule has 0 saturated heterocycles. The van der Waals surface area contributed by atoms with Gasteiger partial charge in [-0.3, -0.25) is 0 Å². The van der Waals surface area contributed by atoms with Gasteiger partial charge in [0.2, 0.25) is 0 Å². The first kappa shape index (κ1) is 8.51. The Morgan fingerprint density at radius 3 is 2.50 bits per heavy atom. The van der Waals surface area contributed by atoms with Gasteiger partial charge < -0.3 is 5.73 Å². The molecule has 1 aromatic carbocycles. The standard InChI is InChI=1S/C10H10N2/c11-7-1-2-9-3-5-10(8-12)6-4-9/h1-6H,7,11H2/b2-1-.